The van der Waals surface area contributed by atoms with Gasteiger partial charge >= 0.3 is 11.9 Å². The van der Waals surface area contributed by atoms with E-state index in [1.165, 1.54) is 19.3 Å². The van der Waals surface area contributed by atoms with E-state index in [1.54, 1.807) is 19.9 Å². The van der Waals surface area contributed by atoms with Crippen LogP contribution in [0.3, 0.4) is 0 Å². The van der Waals surface area contributed by atoms with E-state index in [9.17, 15) is 19.5 Å². The molecule has 0 aromatic rings. The van der Waals surface area contributed by atoms with Crippen LogP contribution in [0.1, 0.15) is 40.5 Å². The average molecular weight is 406 g/mol. The predicted octanol–water partition coefficient (Wildman–Crippen LogP) is 1.88. The van der Waals surface area contributed by atoms with Crippen molar-refractivity contribution in [3.8, 4) is 0 Å². The quantitative estimate of drug-likeness (QED) is 0.360. The number of hydrogen-bond donors (Lipinski definition) is 2. The van der Waals surface area contributed by atoms with Crippen molar-refractivity contribution in [3.63, 3.8) is 0 Å². The summed E-state index contributed by atoms with van der Waals surface area (Å²) in [5.74, 6) is -1.51. The number of Topliss-reactive ketones (excluding diaryl/α,β-unsaturated/α-hetero) is 1. The molecule has 0 aliphatic heterocycles. The smallest absolute Gasteiger partial charge is 0.333 e. The minimum atomic E-state index is -0.885. The van der Waals surface area contributed by atoms with Crippen LogP contribution in [0.2, 0.25) is 0 Å². The monoisotopic (exact) mass is 406 g/mol. The van der Waals surface area contributed by atoms with Crippen molar-refractivity contribution in [1.29, 1.82) is 0 Å². The highest BCUT2D eigenvalue weighted by Gasteiger charge is 2.62. The topological polar surface area (TPSA) is 110 Å². The number of carbonyl (C=O) groups is 3. The number of methoxy groups -OCH3 is 1. The summed E-state index contributed by atoms with van der Waals surface area (Å²) in [6.45, 7) is 7.06. The maximum absolute atomic E-state index is 12.7. The summed E-state index contributed by atoms with van der Waals surface area (Å²) in [4.78, 5) is 36.7. The molecule has 160 valence electrons. The second kappa shape index (κ2) is 9.05. The summed E-state index contributed by atoms with van der Waals surface area (Å²) in [5, 5.41) is 18.7. The summed E-state index contributed by atoms with van der Waals surface area (Å²) in [6.07, 6.45) is 3.25. The van der Waals surface area contributed by atoms with E-state index in [0.717, 1.165) is 0 Å². The second-order valence-corrected chi connectivity index (χ2v) is 8.26. The SMILES string of the molecule is COC(=O)/C(C)=C/[C@@H]1[C@@H](C(=O)O[C@H]2CC(=O)C(C[C@H](O)/C=C/CO)=C2C)C1(C)C. The van der Waals surface area contributed by atoms with E-state index in [1.807, 2.05) is 13.8 Å². The molecule has 7 heteroatoms. The first-order valence-electron chi connectivity index (χ1n) is 9.70. The van der Waals surface area contributed by atoms with Crippen LogP contribution in [0.25, 0.3) is 0 Å². The zero-order chi connectivity index (χ0) is 21.9. The number of ketones is 1. The maximum Gasteiger partial charge on any atom is 0.333 e. The van der Waals surface area contributed by atoms with E-state index in [2.05, 4.69) is 0 Å². The second-order valence-electron chi connectivity index (χ2n) is 8.26. The third-order valence-corrected chi connectivity index (χ3v) is 5.90. The van der Waals surface area contributed by atoms with Crippen LogP contribution in [0.15, 0.2) is 34.9 Å². The number of esters is 2. The molecule has 1 fully saturated rings. The van der Waals surface area contributed by atoms with E-state index in [4.69, 9.17) is 14.6 Å². The molecule has 0 heterocycles. The Balaban J connectivity index is 2.06. The molecule has 0 radical (unpaired) electrons. The highest BCUT2D eigenvalue weighted by atomic mass is 16.5. The van der Waals surface area contributed by atoms with Crippen LogP contribution in [0, 0.1) is 17.3 Å². The Bertz CT molecular complexity index is 772. The normalized spacial score (nSPS) is 27.3. The zero-order valence-corrected chi connectivity index (χ0v) is 17.6. The first-order valence-corrected chi connectivity index (χ1v) is 9.70. The summed E-state index contributed by atoms with van der Waals surface area (Å²) >= 11 is 0. The molecular weight excluding hydrogens is 376 g/mol. The molecule has 0 aromatic carbocycles. The number of ether oxygens (including phenoxy) is 2. The van der Waals surface area contributed by atoms with Gasteiger partial charge in [0.15, 0.2) is 5.78 Å². The Morgan fingerprint density at radius 2 is 2.00 bits per heavy atom. The van der Waals surface area contributed by atoms with Gasteiger partial charge in [-0.3, -0.25) is 9.59 Å². The first-order chi connectivity index (χ1) is 13.5. The van der Waals surface area contributed by atoms with Crippen molar-refractivity contribution in [1.82, 2.24) is 0 Å². The Morgan fingerprint density at radius 1 is 1.34 bits per heavy atom. The molecule has 7 nitrogen and oxygen atoms in total. The van der Waals surface area contributed by atoms with Gasteiger partial charge in [0.1, 0.15) is 6.10 Å². The third kappa shape index (κ3) is 5.03. The molecule has 1 saturated carbocycles. The fraction of sp³-hybridized carbons (Fsp3) is 0.591. The van der Waals surface area contributed by atoms with Crippen molar-refractivity contribution < 1.29 is 34.1 Å². The van der Waals surface area contributed by atoms with Gasteiger partial charge in [-0.2, -0.15) is 0 Å². The zero-order valence-electron chi connectivity index (χ0n) is 17.6. The fourth-order valence-corrected chi connectivity index (χ4v) is 3.91. The Labute approximate surface area is 171 Å². The Hall–Kier alpha value is -2.25. The van der Waals surface area contributed by atoms with Gasteiger partial charge in [-0.1, -0.05) is 32.1 Å². The van der Waals surface area contributed by atoms with Gasteiger partial charge in [0, 0.05) is 17.6 Å². The highest BCUT2D eigenvalue weighted by Crippen LogP contribution is 2.60. The molecule has 2 N–H and O–H groups in total. The molecule has 0 amide bonds. The lowest BCUT2D eigenvalue weighted by Crippen LogP contribution is -2.20. The van der Waals surface area contributed by atoms with Gasteiger partial charge in [-0.15, -0.1) is 0 Å². The molecule has 2 rings (SSSR count). The predicted molar refractivity (Wildman–Crippen MR) is 106 cm³/mol. The van der Waals surface area contributed by atoms with Crippen LogP contribution in [0.4, 0.5) is 0 Å². The number of carbonyl (C=O) groups excluding carboxylic acids is 3. The summed E-state index contributed by atoms with van der Waals surface area (Å²) < 4.78 is 10.3. The fourth-order valence-electron chi connectivity index (χ4n) is 3.91. The minimum Gasteiger partial charge on any atom is -0.466 e. The lowest BCUT2D eigenvalue weighted by molar-refractivity contribution is -0.150. The van der Waals surface area contributed by atoms with Crippen molar-refractivity contribution in [2.45, 2.75) is 52.7 Å². The molecule has 2 aliphatic rings. The van der Waals surface area contributed by atoms with E-state index >= 15 is 0 Å². The number of rotatable bonds is 8. The molecule has 4 atom stereocenters. The standard InChI is InChI=1S/C22H30O7/c1-12(20(26)28-5)9-16-19(22(16,3)4)21(27)29-18-11-17(25)15(13(18)2)10-14(24)7-6-8-23/h6-7,9,14,16,18-19,23-24H,8,10-11H2,1-5H3/b7-6+,12-9+/t14-,16-,18+,19+/m1/s1. The molecule has 0 aromatic heterocycles. The van der Waals surface area contributed by atoms with E-state index in [0.29, 0.717) is 16.7 Å². The van der Waals surface area contributed by atoms with Crippen molar-refractivity contribution in [2.75, 3.05) is 13.7 Å². The van der Waals surface area contributed by atoms with Crippen LogP contribution in [-0.2, 0) is 23.9 Å². The van der Waals surface area contributed by atoms with E-state index < -0.39 is 30.1 Å². The van der Waals surface area contributed by atoms with Crippen molar-refractivity contribution in [3.05, 3.63) is 34.9 Å². The lowest BCUT2D eigenvalue weighted by Gasteiger charge is -2.14. The van der Waals surface area contributed by atoms with E-state index in [-0.39, 0.29) is 36.6 Å². The average Bonchev–Trinajstić information content (AvgIpc) is 3.11. The van der Waals surface area contributed by atoms with Gasteiger partial charge in [0.25, 0.3) is 0 Å². The van der Waals surface area contributed by atoms with Gasteiger partial charge in [-0.25, -0.2) is 4.79 Å². The van der Waals surface area contributed by atoms with Crippen LogP contribution in [0.5, 0.6) is 0 Å². The molecule has 2 aliphatic carbocycles. The minimum absolute atomic E-state index is 0.0676. The van der Waals surface area contributed by atoms with Gasteiger partial charge in [0.05, 0.1) is 32.2 Å². The lowest BCUT2D eigenvalue weighted by atomic mass is 10.0. The summed E-state index contributed by atoms with van der Waals surface area (Å²) in [6, 6.07) is 0. The summed E-state index contributed by atoms with van der Waals surface area (Å²) in [5.41, 5.74) is 1.21. The molecular formula is C22H30O7. The van der Waals surface area contributed by atoms with Crippen molar-refractivity contribution in [2.24, 2.45) is 17.3 Å². The largest absolute Gasteiger partial charge is 0.466 e. The maximum atomic E-state index is 12.7. The molecule has 29 heavy (non-hydrogen) atoms. The number of aliphatic hydroxyl groups excluding tert-OH is 2. The van der Waals surface area contributed by atoms with Gasteiger partial charge < -0.3 is 19.7 Å². The van der Waals surface area contributed by atoms with Crippen LogP contribution in [-0.4, -0.2) is 53.9 Å². The third-order valence-electron chi connectivity index (χ3n) is 5.90. The number of aliphatic hydroxyl groups is 2. The highest BCUT2D eigenvalue weighted by molar-refractivity contribution is 6.00. The van der Waals surface area contributed by atoms with Crippen molar-refractivity contribution >= 4 is 17.7 Å². The van der Waals surface area contributed by atoms with Gasteiger partial charge in [0.2, 0.25) is 0 Å². The van der Waals surface area contributed by atoms with Crippen LogP contribution < -0.4 is 0 Å². The summed E-state index contributed by atoms with van der Waals surface area (Å²) in [7, 11) is 1.31. The first kappa shape index (κ1) is 23.0. The molecule has 0 bridgehead atoms. The Morgan fingerprint density at radius 3 is 2.59 bits per heavy atom. The van der Waals surface area contributed by atoms with Gasteiger partial charge in [-0.05, 0) is 30.8 Å². The molecule has 0 saturated heterocycles. The number of allylic oxidation sites excluding steroid dienone is 1. The van der Waals surface area contributed by atoms with Crippen LogP contribution >= 0.6 is 0 Å². The number of hydrogen-bond acceptors (Lipinski definition) is 7. The molecule has 0 unspecified atom stereocenters. The Kier molecular flexibility index (Phi) is 7.19. The molecule has 0 spiro atoms.